The summed E-state index contributed by atoms with van der Waals surface area (Å²) in [5.74, 6) is 0.155. The summed E-state index contributed by atoms with van der Waals surface area (Å²) in [6.07, 6.45) is 4.25. The molecule has 0 aromatic rings. The first-order valence-corrected chi connectivity index (χ1v) is 7.14. The van der Waals surface area contributed by atoms with Crippen molar-refractivity contribution < 1.29 is 9.84 Å². The Morgan fingerprint density at radius 3 is 2.06 bits per heavy atom. The fourth-order valence-corrected chi connectivity index (χ4v) is 3.37. The van der Waals surface area contributed by atoms with Crippen LogP contribution in [0.3, 0.4) is 0 Å². The van der Waals surface area contributed by atoms with Gasteiger partial charge in [-0.15, -0.1) is 0 Å². The Morgan fingerprint density at radius 2 is 1.72 bits per heavy atom. The molecule has 3 heteroatoms. The lowest BCUT2D eigenvalue weighted by Gasteiger charge is -2.53. The fourth-order valence-electron chi connectivity index (χ4n) is 3.37. The van der Waals surface area contributed by atoms with Gasteiger partial charge >= 0.3 is 0 Å². The molecule has 1 aliphatic carbocycles. The van der Waals surface area contributed by atoms with Gasteiger partial charge < -0.3 is 15.6 Å². The van der Waals surface area contributed by atoms with E-state index in [0.717, 1.165) is 25.7 Å². The minimum Gasteiger partial charge on any atom is -0.387 e. The lowest BCUT2D eigenvalue weighted by Crippen LogP contribution is -2.60. The van der Waals surface area contributed by atoms with Crippen molar-refractivity contribution in [1.82, 2.24) is 0 Å². The molecule has 0 heterocycles. The molecule has 0 aromatic carbocycles. The third-order valence-electron chi connectivity index (χ3n) is 5.19. The Balaban J connectivity index is 2.99. The van der Waals surface area contributed by atoms with E-state index < -0.39 is 5.60 Å². The van der Waals surface area contributed by atoms with Gasteiger partial charge in [0.2, 0.25) is 0 Å². The molecule has 3 N–H and O–H groups in total. The van der Waals surface area contributed by atoms with Crippen molar-refractivity contribution in [2.24, 2.45) is 22.5 Å². The molecule has 1 fully saturated rings. The van der Waals surface area contributed by atoms with Crippen molar-refractivity contribution in [2.75, 3.05) is 20.3 Å². The largest absolute Gasteiger partial charge is 0.387 e. The second kappa shape index (κ2) is 5.48. The SMILES string of the molecule is COCC(O)(C(C)C)C1(CN)CCC(C)(C)CC1. The van der Waals surface area contributed by atoms with Crippen LogP contribution >= 0.6 is 0 Å². The van der Waals surface area contributed by atoms with E-state index in [1.165, 1.54) is 0 Å². The van der Waals surface area contributed by atoms with Gasteiger partial charge in [-0.3, -0.25) is 0 Å². The van der Waals surface area contributed by atoms with Crippen molar-refractivity contribution >= 4 is 0 Å². The molecule has 0 spiro atoms. The highest BCUT2D eigenvalue weighted by Gasteiger charge is 2.53. The van der Waals surface area contributed by atoms with E-state index in [-0.39, 0.29) is 11.3 Å². The number of hydrogen-bond donors (Lipinski definition) is 2. The smallest absolute Gasteiger partial charge is 0.0970 e. The Bertz CT molecular complexity index is 266. The summed E-state index contributed by atoms with van der Waals surface area (Å²) in [6, 6.07) is 0. The number of hydrogen-bond acceptors (Lipinski definition) is 3. The molecule has 1 rings (SSSR count). The van der Waals surface area contributed by atoms with E-state index in [1.807, 2.05) is 0 Å². The summed E-state index contributed by atoms with van der Waals surface area (Å²) < 4.78 is 5.29. The van der Waals surface area contributed by atoms with Crippen LogP contribution in [-0.2, 0) is 4.74 Å². The maximum Gasteiger partial charge on any atom is 0.0970 e. The molecule has 1 aliphatic rings. The topological polar surface area (TPSA) is 55.5 Å². The number of aliphatic hydroxyl groups is 1. The monoisotopic (exact) mass is 257 g/mol. The van der Waals surface area contributed by atoms with E-state index in [2.05, 4.69) is 27.7 Å². The number of methoxy groups -OCH3 is 1. The maximum atomic E-state index is 11.1. The number of rotatable bonds is 5. The van der Waals surface area contributed by atoms with E-state index in [1.54, 1.807) is 7.11 Å². The van der Waals surface area contributed by atoms with Crippen molar-refractivity contribution in [1.29, 1.82) is 0 Å². The highest BCUT2D eigenvalue weighted by molar-refractivity contribution is 5.04. The van der Waals surface area contributed by atoms with Gasteiger partial charge in [0, 0.05) is 19.1 Å². The van der Waals surface area contributed by atoms with E-state index >= 15 is 0 Å². The van der Waals surface area contributed by atoms with Crippen LogP contribution in [-0.4, -0.2) is 31.0 Å². The summed E-state index contributed by atoms with van der Waals surface area (Å²) in [6.45, 7) is 9.66. The van der Waals surface area contributed by atoms with Crippen LogP contribution in [0.4, 0.5) is 0 Å². The average molecular weight is 257 g/mol. The van der Waals surface area contributed by atoms with Gasteiger partial charge in [-0.25, -0.2) is 0 Å². The van der Waals surface area contributed by atoms with Gasteiger partial charge in [0.15, 0.2) is 0 Å². The maximum absolute atomic E-state index is 11.1. The molecule has 1 atom stereocenters. The van der Waals surface area contributed by atoms with Crippen LogP contribution in [0.15, 0.2) is 0 Å². The summed E-state index contributed by atoms with van der Waals surface area (Å²) >= 11 is 0. The Labute approximate surface area is 112 Å². The van der Waals surface area contributed by atoms with Crippen LogP contribution in [0.5, 0.6) is 0 Å². The molecule has 3 nitrogen and oxygen atoms in total. The molecular weight excluding hydrogens is 226 g/mol. The molecule has 0 saturated heterocycles. The Morgan fingerprint density at radius 1 is 1.22 bits per heavy atom. The highest BCUT2D eigenvalue weighted by Crippen LogP contribution is 2.52. The highest BCUT2D eigenvalue weighted by atomic mass is 16.5. The minimum atomic E-state index is -0.812. The summed E-state index contributed by atoms with van der Waals surface area (Å²) in [5, 5.41) is 11.1. The quantitative estimate of drug-likeness (QED) is 0.796. The van der Waals surface area contributed by atoms with Gasteiger partial charge in [-0.2, -0.15) is 0 Å². The number of ether oxygens (including phenoxy) is 1. The molecular formula is C15H31NO2. The van der Waals surface area contributed by atoms with Crippen molar-refractivity contribution in [3.63, 3.8) is 0 Å². The predicted octanol–water partition coefficient (Wildman–Crippen LogP) is 2.57. The summed E-state index contributed by atoms with van der Waals surface area (Å²) in [5.41, 5.74) is 5.44. The second-order valence-electron chi connectivity index (χ2n) is 7.16. The molecule has 1 unspecified atom stereocenters. The molecule has 18 heavy (non-hydrogen) atoms. The standard InChI is InChI=1S/C15H31NO2/c1-12(2)15(17,11-18-5)14(10-16)8-6-13(3,4)7-9-14/h12,17H,6-11,16H2,1-5H3. The Kier molecular flexibility index (Phi) is 4.85. The Hall–Kier alpha value is -0.120. The van der Waals surface area contributed by atoms with Gasteiger partial charge in [0.05, 0.1) is 12.2 Å². The molecule has 0 aliphatic heterocycles. The third kappa shape index (κ3) is 2.73. The van der Waals surface area contributed by atoms with Gasteiger partial charge in [-0.1, -0.05) is 27.7 Å². The average Bonchev–Trinajstić information content (AvgIpc) is 2.29. The zero-order valence-corrected chi connectivity index (χ0v) is 12.8. The van der Waals surface area contributed by atoms with Crippen molar-refractivity contribution in [2.45, 2.75) is 59.0 Å². The molecule has 108 valence electrons. The first kappa shape index (κ1) is 15.9. The minimum absolute atomic E-state index is 0.155. The first-order chi connectivity index (χ1) is 8.23. The second-order valence-corrected chi connectivity index (χ2v) is 7.16. The fraction of sp³-hybridized carbons (Fsp3) is 1.00. The molecule has 1 saturated carbocycles. The van der Waals surface area contributed by atoms with Crippen LogP contribution in [0.25, 0.3) is 0 Å². The lowest BCUT2D eigenvalue weighted by molar-refractivity contribution is -0.170. The van der Waals surface area contributed by atoms with Crippen LogP contribution in [0.1, 0.15) is 53.4 Å². The zero-order valence-electron chi connectivity index (χ0n) is 12.8. The zero-order chi connectivity index (χ0) is 14.0. The van der Waals surface area contributed by atoms with Crippen LogP contribution < -0.4 is 5.73 Å². The normalized spacial score (nSPS) is 26.0. The summed E-state index contributed by atoms with van der Waals surface area (Å²) in [4.78, 5) is 0. The van der Waals surface area contributed by atoms with Gasteiger partial charge in [0.25, 0.3) is 0 Å². The van der Waals surface area contributed by atoms with E-state index in [9.17, 15) is 5.11 Å². The molecule has 0 radical (unpaired) electrons. The predicted molar refractivity (Wildman–Crippen MR) is 75.4 cm³/mol. The third-order valence-corrected chi connectivity index (χ3v) is 5.19. The van der Waals surface area contributed by atoms with E-state index in [4.69, 9.17) is 10.5 Å². The van der Waals surface area contributed by atoms with Crippen molar-refractivity contribution in [3.8, 4) is 0 Å². The molecule has 0 aromatic heterocycles. The summed E-state index contributed by atoms with van der Waals surface area (Å²) in [7, 11) is 1.66. The molecule has 0 bridgehead atoms. The van der Waals surface area contributed by atoms with Crippen molar-refractivity contribution in [3.05, 3.63) is 0 Å². The molecule has 0 amide bonds. The van der Waals surface area contributed by atoms with Gasteiger partial charge in [-0.05, 0) is 37.0 Å². The van der Waals surface area contributed by atoms with Crippen LogP contribution in [0, 0.1) is 16.7 Å². The van der Waals surface area contributed by atoms with Gasteiger partial charge in [0.1, 0.15) is 0 Å². The first-order valence-electron chi connectivity index (χ1n) is 7.14. The van der Waals surface area contributed by atoms with E-state index in [0.29, 0.717) is 18.6 Å². The number of nitrogens with two attached hydrogens (primary N) is 1. The van der Waals surface area contributed by atoms with Crippen LogP contribution in [0.2, 0.25) is 0 Å². The lowest BCUT2D eigenvalue weighted by atomic mass is 9.56.